The lowest BCUT2D eigenvalue weighted by atomic mass is 10.3. The number of ether oxygens (including phenoxy) is 1. The Balaban J connectivity index is 1.78. The molecule has 0 spiro atoms. The molecule has 0 radical (unpaired) electrons. The predicted octanol–water partition coefficient (Wildman–Crippen LogP) is 3.23. The highest BCUT2D eigenvalue weighted by atomic mass is 35.5. The van der Waals surface area contributed by atoms with Crippen molar-refractivity contribution in [3.8, 4) is 5.75 Å². The van der Waals surface area contributed by atoms with Gasteiger partial charge in [0.1, 0.15) is 5.75 Å². The molecule has 1 amide bonds. The van der Waals surface area contributed by atoms with Gasteiger partial charge < -0.3 is 10.1 Å². The quantitative estimate of drug-likeness (QED) is 0.849. The first-order valence-corrected chi connectivity index (χ1v) is 6.96. The molecule has 0 atom stereocenters. The molecule has 2 rings (SSSR count). The van der Waals surface area contributed by atoms with Gasteiger partial charge in [0.2, 0.25) is 0 Å². The van der Waals surface area contributed by atoms with Gasteiger partial charge in [-0.2, -0.15) is 0 Å². The van der Waals surface area contributed by atoms with Crippen molar-refractivity contribution in [1.29, 1.82) is 0 Å². The maximum atomic E-state index is 11.7. The highest BCUT2D eigenvalue weighted by Gasteiger charge is 2.06. The molecule has 0 unspecified atom stereocenters. The minimum Gasteiger partial charge on any atom is -0.484 e. The average Bonchev–Trinajstić information content (AvgIpc) is 2.46. The third-order valence-electron chi connectivity index (χ3n) is 2.45. The van der Waals surface area contributed by atoms with Crippen molar-refractivity contribution >= 4 is 40.5 Å². The Morgan fingerprint density at radius 3 is 2.62 bits per heavy atom. The van der Waals surface area contributed by atoms with Gasteiger partial charge in [0, 0.05) is 10.7 Å². The monoisotopic (exact) mass is 320 g/mol. The number of anilines is 1. The summed E-state index contributed by atoms with van der Waals surface area (Å²) >= 11 is 10.9. The third-order valence-corrected chi connectivity index (χ3v) is 2.89. The molecule has 0 aliphatic carbocycles. The molecule has 0 aromatic heterocycles. The normalized spacial score (nSPS) is 9.76. The molecule has 2 aromatic rings. The number of benzene rings is 2. The number of para-hydroxylation sites is 1. The van der Waals surface area contributed by atoms with Crippen LogP contribution in [0.4, 0.5) is 5.69 Å². The van der Waals surface area contributed by atoms with Crippen molar-refractivity contribution in [1.82, 2.24) is 5.32 Å². The lowest BCUT2D eigenvalue weighted by Crippen LogP contribution is -2.37. The topological polar surface area (TPSA) is 50.4 Å². The van der Waals surface area contributed by atoms with Gasteiger partial charge in [-0.15, -0.1) is 0 Å². The minimum absolute atomic E-state index is 0.110. The second-order valence-corrected chi connectivity index (χ2v) is 4.96. The second-order valence-electron chi connectivity index (χ2n) is 4.11. The number of hydrogen-bond acceptors (Lipinski definition) is 3. The number of hydrogen-bond donors (Lipinski definition) is 2. The molecule has 0 bridgehead atoms. The molecule has 4 nitrogen and oxygen atoms in total. The maximum Gasteiger partial charge on any atom is 0.264 e. The third kappa shape index (κ3) is 5.41. The summed E-state index contributed by atoms with van der Waals surface area (Å²) in [5.41, 5.74) is 0.705. The van der Waals surface area contributed by atoms with E-state index >= 15 is 0 Å². The molecule has 108 valence electrons. The largest absolute Gasteiger partial charge is 0.484 e. The van der Waals surface area contributed by atoms with Gasteiger partial charge in [-0.3, -0.25) is 10.1 Å². The summed E-state index contributed by atoms with van der Waals surface area (Å²) in [4.78, 5) is 11.7. The van der Waals surface area contributed by atoms with Gasteiger partial charge in [0.15, 0.2) is 11.7 Å². The van der Waals surface area contributed by atoms with Crippen molar-refractivity contribution in [3.63, 3.8) is 0 Å². The number of carbonyl (C=O) groups is 1. The average molecular weight is 321 g/mol. The van der Waals surface area contributed by atoms with Crippen LogP contribution in [0.25, 0.3) is 0 Å². The van der Waals surface area contributed by atoms with Crippen LogP contribution >= 0.6 is 23.8 Å². The smallest absolute Gasteiger partial charge is 0.264 e. The van der Waals surface area contributed by atoms with Crippen LogP contribution < -0.4 is 15.4 Å². The molecule has 0 aliphatic heterocycles. The number of thiocarbonyl (C=S) groups is 1. The van der Waals surface area contributed by atoms with E-state index in [-0.39, 0.29) is 17.6 Å². The molecule has 0 fully saturated rings. The standard InChI is InChI=1S/C15H13ClN2O2S/c16-11-5-4-6-12(9-11)17-15(21)18-14(19)10-20-13-7-2-1-3-8-13/h1-9H,10H2,(H2,17,18,19,21). The van der Waals surface area contributed by atoms with Gasteiger partial charge in [-0.05, 0) is 42.5 Å². The highest BCUT2D eigenvalue weighted by molar-refractivity contribution is 7.80. The Labute approximate surface area is 133 Å². The van der Waals surface area contributed by atoms with Crippen molar-refractivity contribution in [2.75, 3.05) is 11.9 Å². The van der Waals surface area contributed by atoms with Gasteiger partial charge in [-0.25, -0.2) is 0 Å². The van der Waals surface area contributed by atoms with E-state index in [2.05, 4.69) is 10.6 Å². The summed E-state index contributed by atoms with van der Waals surface area (Å²) in [6.45, 7) is -0.110. The SMILES string of the molecule is O=C(COc1ccccc1)NC(=S)Nc1cccc(Cl)c1. The van der Waals surface area contributed by atoms with Crippen LogP contribution in [0.3, 0.4) is 0 Å². The Morgan fingerprint density at radius 2 is 1.90 bits per heavy atom. The number of rotatable bonds is 4. The van der Waals surface area contributed by atoms with E-state index in [0.29, 0.717) is 16.5 Å². The number of halogens is 1. The lowest BCUT2D eigenvalue weighted by molar-refractivity contribution is -0.121. The zero-order valence-electron chi connectivity index (χ0n) is 11.0. The summed E-state index contributed by atoms with van der Waals surface area (Å²) in [6, 6.07) is 16.1. The van der Waals surface area contributed by atoms with E-state index in [1.54, 1.807) is 36.4 Å². The van der Waals surface area contributed by atoms with Crippen molar-refractivity contribution in [3.05, 3.63) is 59.6 Å². The molecule has 2 N–H and O–H groups in total. The van der Waals surface area contributed by atoms with Crippen LogP contribution in [-0.4, -0.2) is 17.6 Å². The Kier molecular flexibility index (Phi) is 5.54. The van der Waals surface area contributed by atoms with Crippen LogP contribution in [0.15, 0.2) is 54.6 Å². The Hall–Kier alpha value is -2.11. The van der Waals surface area contributed by atoms with E-state index in [1.807, 2.05) is 18.2 Å². The van der Waals surface area contributed by atoms with Gasteiger partial charge in [0.05, 0.1) is 0 Å². The Bertz CT molecular complexity index is 635. The van der Waals surface area contributed by atoms with E-state index < -0.39 is 0 Å². The van der Waals surface area contributed by atoms with E-state index in [1.165, 1.54) is 0 Å². The zero-order chi connectivity index (χ0) is 15.1. The zero-order valence-corrected chi connectivity index (χ0v) is 12.6. The van der Waals surface area contributed by atoms with Crippen molar-refractivity contribution < 1.29 is 9.53 Å². The molecule has 0 saturated carbocycles. The summed E-state index contributed by atoms with van der Waals surface area (Å²) in [5.74, 6) is 0.291. The van der Waals surface area contributed by atoms with E-state index in [4.69, 9.17) is 28.6 Å². The highest BCUT2D eigenvalue weighted by Crippen LogP contribution is 2.14. The molecule has 0 heterocycles. The van der Waals surface area contributed by atoms with Gasteiger partial charge in [-0.1, -0.05) is 35.9 Å². The van der Waals surface area contributed by atoms with E-state index in [9.17, 15) is 4.79 Å². The molecule has 6 heteroatoms. The first kappa shape index (κ1) is 15.3. The summed E-state index contributed by atoms with van der Waals surface area (Å²) in [7, 11) is 0. The molecule has 0 aliphatic rings. The number of carbonyl (C=O) groups excluding carboxylic acids is 1. The Morgan fingerprint density at radius 1 is 1.14 bits per heavy atom. The molecular weight excluding hydrogens is 308 g/mol. The molecular formula is C15H13ClN2O2S. The van der Waals surface area contributed by atoms with E-state index in [0.717, 1.165) is 0 Å². The van der Waals surface area contributed by atoms with Crippen LogP contribution in [0, 0.1) is 0 Å². The fraction of sp³-hybridized carbons (Fsp3) is 0.0667. The van der Waals surface area contributed by atoms with Gasteiger partial charge in [0.25, 0.3) is 5.91 Å². The fourth-order valence-electron chi connectivity index (χ4n) is 1.56. The predicted molar refractivity (Wildman–Crippen MR) is 87.8 cm³/mol. The summed E-state index contributed by atoms with van der Waals surface area (Å²) in [5, 5.41) is 6.18. The fourth-order valence-corrected chi connectivity index (χ4v) is 1.98. The molecule has 2 aromatic carbocycles. The van der Waals surface area contributed by atoms with Crippen LogP contribution in [0.5, 0.6) is 5.75 Å². The van der Waals surface area contributed by atoms with Gasteiger partial charge >= 0.3 is 0 Å². The summed E-state index contributed by atoms with van der Waals surface area (Å²) in [6.07, 6.45) is 0. The number of nitrogens with one attached hydrogen (secondary N) is 2. The molecule has 21 heavy (non-hydrogen) atoms. The minimum atomic E-state index is -0.335. The second kappa shape index (κ2) is 7.61. The van der Waals surface area contributed by atoms with Crippen molar-refractivity contribution in [2.45, 2.75) is 0 Å². The number of amides is 1. The maximum absolute atomic E-state index is 11.7. The lowest BCUT2D eigenvalue weighted by Gasteiger charge is -2.10. The van der Waals surface area contributed by atoms with Crippen molar-refractivity contribution in [2.24, 2.45) is 0 Å². The van der Waals surface area contributed by atoms with Crippen LogP contribution in [0.1, 0.15) is 0 Å². The molecule has 0 saturated heterocycles. The first-order valence-electron chi connectivity index (χ1n) is 6.18. The van der Waals surface area contributed by atoms with Crippen LogP contribution in [0.2, 0.25) is 5.02 Å². The first-order chi connectivity index (χ1) is 10.1. The summed E-state index contributed by atoms with van der Waals surface area (Å²) < 4.78 is 5.32. The van der Waals surface area contributed by atoms with Crippen LogP contribution in [-0.2, 0) is 4.79 Å².